The van der Waals surface area contributed by atoms with Gasteiger partial charge >= 0.3 is 0 Å². The molecule has 174 valence electrons. The van der Waals surface area contributed by atoms with Crippen molar-refractivity contribution in [3.63, 3.8) is 0 Å². The molecular weight excluding hydrogens is 383 g/mol. The van der Waals surface area contributed by atoms with Crippen LogP contribution < -0.4 is 4.74 Å². The van der Waals surface area contributed by atoms with Gasteiger partial charge in [0.1, 0.15) is 0 Å². The summed E-state index contributed by atoms with van der Waals surface area (Å²) in [6, 6.07) is 5.54. The van der Waals surface area contributed by atoms with E-state index in [0.29, 0.717) is 12.4 Å². The van der Waals surface area contributed by atoms with Gasteiger partial charge in [-0.3, -0.25) is 0 Å². The highest BCUT2D eigenvalue weighted by Gasteiger charge is 2.28. The van der Waals surface area contributed by atoms with E-state index in [4.69, 9.17) is 4.74 Å². The SMILES string of the molecule is CCCCCOc1ccc(CCC2=CCC([C@H]3CC[C@H](CCCC)CC3)CC2)cc1F. The van der Waals surface area contributed by atoms with Crippen molar-refractivity contribution >= 4 is 0 Å². The van der Waals surface area contributed by atoms with E-state index in [1.54, 1.807) is 11.6 Å². The number of hydrogen-bond acceptors (Lipinski definition) is 1. The fourth-order valence-corrected chi connectivity index (χ4v) is 5.66. The Bertz CT molecular complexity index is 671. The molecule has 1 saturated carbocycles. The first-order valence-corrected chi connectivity index (χ1v) is 13.3. The van der Waals surface area contributed by atoms with Crippen molar-refractivity contribution in [3.05, 3.63) is 41.2 Å². The Morgan fingerprint density at radius 2 is 1.71 bits per heavy atom. The Morgan fingerprint density at radius 1 is 0.903 bits per heavy atom. The van der Waals surface area contributed by atoms with E-state index in [1.165, 1.54) is 64.2 Å². The lowest BCUT2D eigenvalue weighted by Gasteiger charge is -2.35. The lowest BCUT2D eigenvalue weighted by molar-refractivity contribution is 0.185. The third-order valence-corrected chi connectivity index (χ3v) is 7.81. The predicted molar refractivity (Wildman–Crippen MR) is 130 cm³/mol. The van der Waals surface area contributed by atoms with Crippen LogP contribution in [0.5, 0.6) is 5.75 Å². The number of benzene rings is 1. The number of allylic oxidation sites excluding steroid dienone is 2. The second-order valence-electron chi connectivity index (χ2n) is 10.1. The van der Waals surface area contributed by atoms with Crippen LogP contribution in [0.15, 0.2) is 29.8 Å². The van der Waals surface area contributed by atoms with Crippen molar-refractivity contribution in [2.45, 2.75) is 110 Å². The minimum Gasteiger partial charge on any atom is -0.491 e. The average Bonchev–Trinajstić information content (AvgIpc) is 2.81. The van der Waals surface area contributed by atoms with Crippen molar-refractivity contribution in [2.75, 3.05) is 6.61 Å². The first kappa shape index (κ1) is 24.3. The molecule has 2 aliphatic carbocycles. The topological polar surface area (TPSA) is 9.23 Å². The Labute approximate surface area is 190 Å². The maximum absolute atomic E-state index is 14.3. The highest BCUT2D eigenvalue weighted by molar-refractivity contribution is 5.30. The molecule has 0 N–H and O–H groups in total. The maximum atomic E-state index is 14.3. The van der Waals surface area contributed by atoms with Crippen LogP contribution in [-0.4, -0.2) is 6.61 Å². The third-order valence-electron chi connectivity index (χ3n) is 7.81. The van der Waals surface area contributed by atoms with Crippen LogP contribution in [0.1, 0.15) is 109 Å². The van der Waals surface area contributed by atoms with Gasteiger partial charge in [0.25, 0.3) is 0 Å². The number of aryl methyl sites for hydroxylation is 1. The molecule has 2 heteroatoms. The summed E-state index contributed by atoms with van der Waals surface area (Å²) in [5.74, 6) is 3.09. The Balaban J connectivity index is 1.38. The van der Waals surface area contributed by atoms with Crippen LogP contribution in [0.2, 0.25) is 0 Å². The molecule has 0 amide bonds. The first-order valence-electron chi connectivity index (χ1n) is 13.3. The van der Waals surface area contributed by atoms with Crippen molar-refractivity contribution < 1.29 is 9.13 Å². The number of hydrogen-bond donors (Lipinski definition) is 0. The molecule has 0 aromatic heterocycles. The summed E-state index contributed by atoms with van der Waals surface area (Å²) in [7, 11) is 0. The smallest absolute Gasteiger partial charge is 0.165 e. The normalized spacial score (nSPS) is 24.1. The van der Waals surface area contributed by atoms with E-state index in [-0.39, 0.29) is 5.82 Å². The molecule has 1 aromatic rings. The van der Waals surface area contributed by atoms with Crippen LogP contribution in [-0.2, 0) is 6.42 Å². The molecule has 2 aliphatic rings. The second-order valence-corrected chi connectivity index (χ2v) is 10.1. The zero-order chi connectivity index (χ0) is 21.9. The van der Waals surface area contributed by atoms with Crippen molar-refractivity contribution in [1.82, 2.24) is 0 Å². The van der Waals surface area contributed by atoms with Crippen LogP contribution in [0.4, 0.5) is 4.39 Å². The van der Waals surface area contributed by atoms with Gasteiger partial charge in [-0.05, 0) is 86.8 Å². The molecule has 1 nitrogen and oxygen atoms in total. The highest BCUT2D eigenvalue weighted by Crippen LogP contribution is 2.41. The van der Waals surface area contributed by atoms with Gasteiger partial charge in [0.15, 0.2) is 11.6 Å². The van der Waals surface area contributed by atoms with Crippen LogP contribution in [0.3, 0.4) is 0 Å². The van der Waals surface area contributed by atoms with Gasteiger partial charge in [0.05, 0.1) is 6.61 Å². The fraction of sp³-hybridized carbons (Fsp3) is 0.724. The van der Waals surface area contributed by atoms with Crippen LogP contribution in [0.25, 0.3) is 0 Å². The average molecular weight is 429 g/mol. The lowest BCUT2D eigenvalue weighted by Crippen LogP contribution is -2.23. The Morgan fingerprint density at radius 3 is 2.39 bits per heavy atom. The predicted octanol–water partition coefficient (Wildman–Crippen LogP) is 9.05. The van der Waals surface area contributed by atoms with E-state index >= 15 is 0 Å². The summed E-state index contributed by atoms with van der Waals surface area (Å²) in [4.78, 5) is 0. The van der Waals surface area contributed by atoms with E-state index in [0.717, 1.165) is 55.4 Å². The third kappa shape index (κ3) is 7.95. The largest absolute Gasteiger partial charge is 0.491 e. The van der Waals surface area contributed by atoms with Gasteiger partial charge in [0.2, 0.25) is 0 Å². The maximum Gasteiger partial charge on any atom is 0.165 e. The highest BCUT2D eigenvalue weighted by atomic mass is 19.1. The van der Waals surface area contributed by atoms with Gasteiger partial charge < -0.3 is 4.74 Å². The lowest BCUT2D eigenvalue weighted by atomic mass is 9.70. The molecule has 1 unspecified atom stereocenters. The monoisotopic (exact) mass is 428 g/mol. The summed E-state index contributed by atoms with van der Waals surface area (Å²) >= 11 is 0. The molecular formula is C29H45FO. The quantitative estimate of drug-likeness (QED) is 0.238. The van der Waals surface area contributed by atoms with E-state index in [1.807, 2.05) is 12.1 Å². The summed E-state index contributed by atoms with van der Waals surface area (Å²) in [6.07, 6.45) is 21.8. The molecule has 0 saturated heterocycles. The minimum atomic E-state index is -0.207. The van der Waals surface area contributed by atoms with Crippen molar-refractivity contribution in [3.8, 4) is 5.75 Å². The zero-order valence-corrected chi connectivity index (χ0v) is 20.1. The summed E-state index contributed by atoms with van der Waals surface area (Å²) in [5.41, 5.74) is 2.68. The molecule has 3 rings (SSSR count). The van der Waals surface area contributed by atoms with E-state index in [9.17, 15) is 4.39 Å². The summed E-state index contributed by atoms with van der Waals surface area (Å²) in [5, 5.41) is 0. The number of ether oxygens (including phenoxy) is 1. The molecule has 1 atom stereocenters. The van der Waals surface area contributed by atoms with Crippen molar-refractivity contribution in [1.29, 1.82) is 0 Å². The molecule has 1 aromatic carbocycles. The van der Waals surface area contributed by atoms with Crippen LogP contribution >= 0.6 is 0 Å². The van der Waals surface area contributed by atoms with Crippen LogP contribution in [0, 0.1) is 23.6 Å². The molecule has 0 radical (unpaired) electrons. The van der Waals surface area contributed by atoms with E-state index < -0.39 is 0 Å². The van der Waals surface area contributed by atoms with Crippen molar-refractivity contribution in [2.24, 2.45) is 17.8 Å². The molecule has 0 bridgehead atoms. The summed E-state index contributed by atoms with van der Waals surface area (Å²) in [6.45, 7) is 5.09. The van der Waals surface area contributed by atoms with Gasteiger partial charge in [-0.15, -0.1) is 0 Å². The summed E-state index contributed by atoms with van der Waals surface area (Å²) < 4.78 is 19.9. The molecule has 31 heavy (non-hydrogen) atoms. The molecule has 0 aliphatic heterocycles. The van der Waals surface area contributed by atoms with Gasteiger partial charge in [-0.2, -0.15) is 0 Å². The van der Waals surface area contributed by atoms with Gasteiger partial charge in [0, 0.05) is 0 Å². The van der Waals surface area contributed by atoms with Gasteiger partial charge in [-0.25, -0.2) is 4.39 Å². The number of halogens is 1. The van der Waals surface area contributed by atoms with E-state index in [2.05, 4.69) is 19.9 Å². The Kier molecular flexibility index (Phi) is 10.4. The number of rotatable bonds is 12. The number of unbranched alkanes of at least 4 members (excludes halogenated alkanes) is 3. The minimum absolute atomic E-state index is 0.207. The molecule has 1 fully saturated rings. The van der Waals surface area contributed by atoms with Gasteiger partial charge in [-0.1, -0.05) is 76.5 Å². The fourth-order valence-electron chi connectivity index (χ4n) is 5.66. The molecule has 0 spiro atoms. The molecule has 0 heterocycles. The zero-order valence-electron chi connectivity index (χ0n) is 20.1. The first-order chi connectivity index (χ1) is 15.2. The Hall–Kier alpha value is -1.31. The second kappa shape index (κ2) is 13.3. The standard InChI is InChI=1S/C29H45FO/c1-3-5-7-21-31-29-20-15-25(22-28(29)30)10-9-24-13-18-27(19-14-24)26-16-11-23(12-17-26)8-6-4-2/h13,15,20,22-23,26-27H,3-12,14,16-19,21H2,1-2H3/t23-,26-,27?.